The van der Waals surface area contributed by atoms with Gasteiger partial charge in [0.15, 0.2) is 0 Å². The lowest BCUT2D eigenvalue weighted by Crippen LogP contribution is -2.44. The largest absolute Gasteiger partial charge is 0.468 e. The van der Waals surface area contributed by atoms with Crippen molar-refractivity contribution >= 4 is 62.8 Å². The van der Waals surface area contributed by atoms with Gasteiger partial charge in [-0.15, -0.1) is 0 Å². The highest BCUT2D eigenvalue weighted by atomic mass is 79.9. The van der Waals surface area contributed by atoms with E-state index < -0.39 is 23.7 Å². The van der Waals surface area contributed by atoms with Crippen LogP contribution in [0.3, 0.4) is 0 Å². The third-order valence-corrected chi connectivity index (χ3v) is 6.59. The average molecular weight is 535 g/mol. The molecule has 0 aromatic heterocycles. The van der Waals surface area contributed by atoms with Crippen LogP contribution in [0.1, 0.15) is 11.5 Å². The number of benzene rings is 2. The Morgan fingerprint density at radius 1 is 1.25 bits per heavy atom. The van der Waals surface area contributed by atoms with E-state index in [0.29, 0.717) is 16.3 Å². The average Bonchev–Trinajstić information content (AvgIpc) is 2.78. The molecule has 3 rings (SSSR count). The van der Waals surface area contributed by atoms with Crippen molar-refractivity contribution in [1.29, 1.82) is 5.26 Å². The second kappa shape index (κ2) is 10.7. The molecule has 0 radical (unpaired) electrons. The van der Waals surface area contributed by atoms with E-state index in [-0.39, 0.29) is 22.3 Å². The molecule has 1 aliphatic heterocycles. The lowest BCUT2D eigenvalue weighted by atomic mass is 9.78. The quantitative estimate of drug-likeness (QED) is 0.425. The van der Waals surface area contributed by atoms with Gasteiger partial charge in [0.25, 0.3) is 0 Å². The number of carbonyl (C=O) groups is 3. The minimum atomic E-state index is -1.28. The maximum Gasteiger partial charge on any atom is 0.319 e. The lowest BCUT2D eigenvalue weighted by molar-refractivity contribution is -0.150. The number of thioether (sulfide) groups is 1. The van der Waals surface area contributed by atoms with Crippen LogP contribution in [-0.2, 0) is 19.1 Å². The van der Waals surface area contributed by atoms with E-state index in [4.69, 9.17) is 16.3 Å². The van der Waals surface area contributed by atoms with Crippen LogP contribution in [-0.4, -0.2) is 30.6 Å². The highest BCUT2D eigenvalue weighted by molar-refractivity contribution is 9.10. The second-order valence-electron chi connectivity index (χ2n) is 6.69. The zero-order chi connectivity index (χ0) is 23.3. The number of amides is 2. The number of nitrogens with zero attached hydrogens (tertiary/aromatic N) is 1. The number of halogens is 2. The number of nitrogens with one attached hydrogen (secondary N) is 2. The highest BCUT2D eigenvalue weighted by Crippen LogP contribution is 2.42. The van der Waals surface area contributed by atoms with E-state index in [1.54, 1.807) is 48.5 Å². The molecular formula is C22H17BrClN3O4S. The Kier molecular flexibility index (Phi) is 7.96. The van der Waals surface area contributed by atoms with E-state index >= 15 is 0 Å². The van der Waals surface area contributed by atoms with E-state index in [1.807, 2.05) is 0 Å². The first-order valence-corrected chi connectivity index (χ1v) is 11.5. The van der Waals surface area contributed by atoms with Gasteiger partial charge < -0.3 is 15.4 Å². The topological polar surface area (TPSA) is 108 Å². The smallest absolute Gasteiger partial charge is 0.319 e. The minimum Gasteiger partial charge on any atom is -0.468 e. The molecule has 0 spiro atoms. The zero-order valence-corrected chi connectivity index (χ0v) is 19.9. The van der Waals surface area contributed by atoms with Gasteiger partial charge >= 0.3 is 5.97 Å². The van der Waals surface area contributed by atoms with Crippen LogP contribution in [0.4, 0.5) is 5.69 Å². The zero-order valence-electron chi connectivity index (χ0n) is 16.7. The first-order chi connectivity index (χ1) is 15.3. The van der Waals surface area contributed by atoms with Crippen LogP contribution in [0.2, 0.25) is 5.02 Å². The predicted octanol–water partition coefficient (Wildman–Crippen LogP) is 4.21. The van der Waals surface area contributed by atoms with Crippen molar-refractivity contribution in [2.45, 2.75) is 5.92 Å². The van der Waals surface area contributed by atoms with Crippen LogP contribution in [0, 0.1) is 17.2 Å². The first kappa shape index (κ1) is 23.9. The van der Waals surface area contributed by atoms with Crippen LogP contribution in [0.25, 0.3) is 0 Å². The molecule has 0 aliphatic carbocycles. The Bertz CT molecular complexity index is 1130. The Morgan fingerprint density at radius 2 is 1.94 bits per heavy atom. The maximum absolute atomic E-state index is 12.8. The molecule has 0 fully saturated rings. The van der Waals surface area contributed by atoms with Gasteiger partial charge in [-0.1, -0.05) is 57.5 Å². The summed E-state index contributed by atoms with van der Waals surface area (Å²) in [6, 6.07) is 15.8. The van der Waals surface area contributed by atoms with Crippen molar-refractivity contribution in [3.8, 4) is 6.07 Å². The van der Waals surface area contributed by atoms with Gasteiger partial charge in [0.1, 0.15) is 5.92 Å². The number of rotatable bonds is 6. The summed E-state index contributed by atoms with van der Waals surface area (Å²) in [5.74, 6) is -4.01. The van der Waals surface area contributed by atoms with Gasteiger partial charge in [-0.2, -0.15) is 5.26 Å². The molecule has 7 nitrogen and oxygen atoms in total. The molecule has 2 amide bonds. The van der Waals surface area contributed by atoms with E-state index in [0.717, 1.165) is 16.2 Å². The summed E-state index contributed by atoms with van der Waals surface area (Å²) in [4.78, 5) is 37.6. The fourth-order valence-corrected chi connectivity index (χ4v) is 4.62. The molecule has 1 heterocycles. The van der Waals surface area contributed by atoms with Crippen LogP contribution < -0.4 is 10.6 Å². The van der Waals surface area contributed by atoms with Crippen LogP contribution in [0.5, 0.6) is 0 Å². The number of carbonyl (C=O) groups excluding carboxylic acids is 3. The molecule has 0 saturated heterocycles. The van der Waals surface area contributed by atoms with Crippen molar-refractivity contribution in [3.63, 3.8) is 0 Å². The number of esters is 1. The van der Waals surface area contributed by atoms with E-state index in [9.17, 15) is 19.6 Å². The molecule has 0 unspecified atom stereocenters. The fraction of sp³-hybridized carbons (Fsp3) is 0.182. The summed E-state index contributed by atoms with van der Waals surface area (Å²) >= 11 is 10.7. The third-order valence-electron chi connectivity index (χ3n) is 4.70. The van der Waals surface area contributed by atoms with Gasteiger partial charge in [0.05, 0.1) is 29.5 Å². The monoisotopic (exact) mass is 533 g/mol. The minimum absolute atomic E-state index is 0.0605. The summed E-state index contributed by atoms with van der Waals surface area (Å²) in [6.45, 7) is 0. The van der Waals surface area contributed by atoms with Crippen molar-refractivity contribution in [3.05, 3.63) is 74.2 Å². The standard InChI is InChI=1S/C22H17BrClN3O4S/c1-31-22(30)19-18(14-4-2-3-5-16(14)24)15(10-25)21(27-20(19)29)32-11-17(28)26-13-8-6-12(23)7-9-13/h2-9,18-19H,11H2,1H3,(H,26,28)(H,27,29)/t18-,19+/m1/s1. The Labute approximate surface area is 202 Å². The number of methoxy groups -OCH3 is 1. The molecule has 2 aromatic rings. The number of allylic oxidation sites excluding steroid dienone is 1. The van der Waals surface area contributed by atoms with Crippen LogP contribution >= 0.6 is 39.3 Å². The van der Waals surface area contributed by atoms with Gasteiger partial charge in [0.2, 0.25) is 11.8 Å². The molecule has 164 valence electrons. The van der Waals surface area contributed by atoms with Crippen LogP contribution in [0.15, 0.2) is 63.6 Å². The summed E-state index contributed by atoms with van der Waals surface area (Å²) in [5, 5.41) is 15.7. The molecule has 10 heteroatoms. The Balaban J connectivity index is 1.89. The number of anilines is 1. The normalized spacial score (nSPS) is 17.9. The molecule has 2 atom stereocenters. The van der Waals surface area contributed by atoms with Gasteiger partial charge in [-0.05, 0) is 35.9 Å². The van der Waals surface area contributed by atoms with Crippen molar-refractivity contribution < 1.29 is 19.1 Å². The molecule has 1 aliphatic rings. The number of hydrogen-bond acceptors (Lipinski definition) is 6. The van der Waals surface area contributed by atoms with Crippen molar-refractivity contribution in [1.82, 2.24) is 5.32 Å². The molecular weight excluding hydrogens is 518 g/mol. The van der Waals surface area contributed by atoms with Crippen molar-refractivity contribution in [2.75, 3.05) is 18.2 Å². The lowest BCUT2D eigenvalue weighted by Gasteiger charge is -2.31. The van der Waals surface area contributed by atoms with Gasteiger partial charge in [-0.25, -0.2) is 0 Å². The fourth-order valence-electron chi connectivity index (χ4n) is 3.25. The molecule has 0 bridgehead atoms. The van der Waals surface area contributed by atoms with E-state index in [2.05, 4.69) is 32.6 Å². The van der Waals surface area contributed by atoms with Gasteiger partial charge in [-0.3, -0.25) is 14.4 Å². The Hall–Kier alpha value is -2.80. The summed E-state index contributed by atoms with van der Waals surface area (Å²) in [6.07, 6.45) is 0. The van der Waals surface area contributed by atoms with Crippen molar-refractivity contribution in [2.24, 2.45) is 5.92 Å². The SMILES string of the molecule is COC(=O)[C@@H]1C(=O)NC(SCC(=O)Nc2ccc(Br)cc2)=C(C#N)[C@H]1c1ccccc1Cl. The number of hydrogen-bond donors (Lipinski definition) is 2. The molecule has 2 aromatic carbocycles. The van der Waals surface area contributed by atoms with E-state index in [1.165, 1.54) is 7.11 Å². The Morgan fingerprint density at radius 3 is 2.56 bits per heavy atom. The molecule has 0 saturated carbocycles. The predicted molar refractivity (Wildman–Crippen MR) is 126 cm³/mol. The summed E-state index contributed by atoms with van der Waals surface area (Å²) < 4.78 is 5.68. The molecule has 2 N–H and O–H groups in total. The maximum atomic E-state index is 12.8. The molecule has 32 heavy (non-hydrogen) atoms. The third kappa shape index (κ3) is 5.33. The highest BCUT2D eigenvalue weighted by Gasteiger charge is 2.45. The second-order valence-corrected chi connectivity index (χ2v) is 9.00. The first-order valence-electron chi connectivity index (χ1n) is 9.31. The summed E-state index contributed by atoms with van der Waals surface area (Å²) in [5.41, 5.74) is 1.20. The van der Waals surface area contributed by atoms with Gasteiger partial charge in [0, 0.05) is 21.1 Å². The number of ether oxygens (including phenoxy) is 1. The summed E-state index contributed by atoms with van der Waals surface area (Å²) in [7, 11) is 1.17. The number of nitriles is 1.